The molecule has 0 bridgehead atoms. The van der Waals surface area contributed by atoms with Crippen LogP contribution in [0.25, 0.3) is 0 Å². The van der Waals surface area contributed by atoms with Crippen molar-refractivity contribution < 1.29 is 9.90 Å². The Balaban J connectivity index is 4.04. The normalized spacial score (nSPS) is 14.1. The number of unbranched alkanes of at least 4 members (excludes halogenated alkanes) is 22. The fourth-order valence-electron chi connectivity index (χ4n) is 6.49. The lowest BCUT2D eigenvalue weighted by Crippen LogP contribution is -2.38. The number of hydrogen-bond acceptors (Lipinski definition) is 1. The second-order valence-electron chi connectivity index (χ2n) is 12.2. The highest BCUT2D eigenvalue weighted by Crippen LogP contribution is 2.42. The summed E-state index contributed by atoms with van der Waals surface area (Å²) in [5.41, 5.74) is -0.495. The van der Waals surface area contributed by atoms with Crippen molar-refractivity contribution in [3.63, 3.8) is 0 Å². The summed E-state index contributed by atoms with van der Waals surface area (Å²) in [5.74, 6) is -0.186. The third-order valence-electron chi connectivity index (χ3n) is 9.21. The van der Waals surface area contributed by atoms with Crippen molar-refractivity contribution >= 4 is 5.97 Å². The van der Waals surface area contributed by atoms with Crippen LogP contribution >= 0.6 is 0 Å². The molecule has 0 aromatic carbocycles. The summed E-state index contributed by atoms with van der Waals surface area (Å²) >= 11 is 0. The summed E-state index contributed by atoms with van der Waals surface area (Å²) in [6.07, 6.45) is 36.2. The molecule has 0 saturated carbocycles. The SMILES string of the molecule is CCCCCCCCCCCCCCCC(CC)C(CC)(CCCCCCCCCCCCC)C(=O)O. The minimum Gasteiger partial charge on any atom is -0.481 e. The van der Waals surface area contributed by atoms with Crippen LogP contribution in [-0.2, 0) is 4.79 Å². The average Bonchev–Trinajstić information content (AvgIpc) is 2.90. The molecule has 2 nitrogen and oxygen atoms in total. The number of aliphatic carboxylic acids is 1. The molecule has 0 spiro atoms. The molecule has 1 N–H and O–H groups in total. The van der Waals surface area contributed by atoms with E-state index < -0.39 is 11.4 Å². The van der Waals surface area contributed by atoms with Gasteiger partial charge in [-0.05, 0) is 25.2 Å². The molecule has 0 aliphatic rings. The summed E-state index contributed by atoms with van der Waals surface area (Å²) < 4.78 is 0. The summed E-state index contributed by atoms with van der Waals surface area (Å²) in [6, 6.07) is 0. The zero-order chi connectivity index (χ0) is 27.5. The number of rotatable bonds is 30. The fourth-order valence-corrected chi connectivity index (χ4v) is 6.49. The van der Waals surface area contributed by atoms with E-state index in [1.54, 1.807) is 0 Å². The van der Waals surface area contributed by atoms with E-state index in [2.05, 4.69) is 27.7 Å². The highest BCUT2D eigenvalue weighted by Gasteiger charge is 2.42. The maximum Gasteiger partial charge on any atom is 0.309 e. The molecule has 0 rings (SSSR count). The van der Waals surface area contributed by atoms with Crippen molar-refractivity contribution in [3.05, 3.63) is 0 Å². The van der Waals surface area contributed by atoms with Crippen molar-refractivity contribution in [1.29, 1.82) is 0 Å². The molecule has 37 heavy (non-hydrogen) atoms. The molecule has 0 fully saturated rings. The van der Waals surface area contributed by atoms with Crippen LogP contribution in [0, 0.1) is 11.3 Å². The van der Waals surface area contributed by atoms with Crippen LogP contribution in [0.15, 0.2) is 0 Å². The third kappa shape index (κ3) is 19.2. The summed E-state index contributed by atoms with van der Waals surface area (Å²) in [5, 5.41) is 10.3. The molecule has 0 aliphatic carbocycles. The van der Waals surface area contributed by atoms with Crippen LogP contribution < -0.4 is 0 Å². The molecule has 0 aromatic heterocycles. The number of carbonyl (C=O) groups is 1. The van der Waals surface area contributed by atoms with Gasteiger partial charge in [0.05, 0.1) is 5.41 Å². The van der Waals surface area contributed by atoms with Gasteiger partial charge >= 0.3 is 5.97 Å². The number of hydrogen-bond donors (Lipinski definition) is 1. The first-order valence-corrected chi connectivity index (χ1v) is 17.3. The Bertz CT molecular complexity index is 474. The Kier molecular flexibility index (Phi) is 26.7. The lowest BCUT2D eigenvalue weighted by Gasteiger charge is -2.36. The highest BCUT2D eigenvalue weighted by atomic mass is 16.4. The Morgan fingerprint density at radius 1 is 0.514 bits per heavy atom. The van der Waals surface area contributed by atoms with E-state index in [1.165, 1.54) is 148 Å². The first-order chi connectivity index (χ1) is 18.1. The van der Waals surface area contributed by atoms with Gasteiger partial charge in [0.1, 0.15) is 0 Å². The van der Waals surface area contributed by atoms with Gasteiger partial charge in [0.25, 0.3) is 0 Å². The molecular formula is C35H70O2. The predicted molar refractivity (Wildman–Crippen MR) is 166 cm³/mol. The smallest absolute Gasteiger partial charge is 0.309 e. The van der Waals surface area contributed by atoms with E-state index in [0.29, 0.717) is 5.92 Å². The zero-order valence-electron chi connectivity index (χ0n) is 26.2. The number of carboxylic acid groups (broad SMARTS) is 1. The van der Waals surface area contributed by atoms with Crippen LogP contribution in [0.5, 0.6) is 0 Å². The molecular weight excluding hydrogens is 452 g/mol. The number of carboxylic acids is 1. The van der Waals surface area contributed by atoms with E-state index in [4.69, 9.17) is 0 Å². The van der Waals surface area contributed by atoms with Crippen LogP contribution in [0.3, 0.4) is 0 Å². The molecule has 0 aromatic rings. The summed E-state index contributed by atoms with van der Waals surface area (Å²) in [7, 11) is 0. The van der Waals surface area contributed by atoms with E-state index in [-0.39, 0.29) is 0 Å². The third-order valence-corrected chi connectivity index (χ3v) is 9.21. The molecule has 2 heteroatoms. The maximum atomic E-state index is 12.5. The average molecular weight is 523 g/mol. The van der Waals surface area contributed by atoms with E-state index in [9.17, 15) is 9.90 Å². The molecule has 0 heterocycles. The highest BCUT2D eigenvalue weighted by molar-refractivity contribution is 5.75. The van der Waals surface area contributed by atoms with Gasteiger partial charge in [-0.15, -0.1) is 0 Å². The first kappa shape index (κ1) is 36.5. The lowest BCUT2D eigenvalue weighted by atomic mass is 9.67. The largest absolute Gasteiger partial charge is 0.481 e. The molecule has 2 atom stereocenters. The van der Waals surface area contributed by atoms with Gasteiger partial charge in [0.2, 0.25) is 0 Å². The standard InChI is InChI=1S/C35H70O2/c1-5-9-11-13-15-17-19-20-21-23-25-27-29-31-33(7-3)35(8-4,34(36)37)32-30-28-26-24-22-18-16-14-12-10-6-2/h33H,5-32H2,1-4H3,(H,36,37). The lowest BCUT2D eigenvalue weighted by molar-refractivity contribution is -0.154. The molecule has 0 aliphatic heterocycles. The first-order valence-electron chi connectivity index (χ1n) is 17.3. The van der Waals surface area contributed by atoms with E-state index in [1.807, 2.05) is 0 Å². The quantitative estimate of drug-likeness (QED) is 0.0952. The molecule has 0 radical (unpaired) electrons. The zero-order valence-corrected chi connectivity index (χ0v) is 26.2. The van der Waals surface area contributed by atoms with Gasteiger partial charge in [0, 0.05) is 0 Å². The maximum absolute atomic E-state index is 12.5. The van der Waals surface area contributed by atoms with Crippen LogP contribution in [-0.4, -0.2) is 11.1 Å². The van der Waals surface area contributed by atoms with Gasteiger partial charge in [-0.2, -0.15) is 0 Å². The van der Waals surface area contributed by atoms with Crippen molar-refractivity contribution in [3.8, 4) is 0 Å². The van der Waals surface area contributed by atoms with Crippen LogP contribution in [0.2, 0.25) is 0 Å². The van der Waals surface area contributed by atoms with E-state index in [0.717, 1.165) is 32.1 Å². The van der Waals surface area contributed by atoms with Gasteiger partial charge in [0.15, 0.2) is 0 Å². The molecule has 0 amide bonds. The fraction of sp³-hybridized carbons (Fsp3) is 0.971. The van der Waals surface area contributed by atoms with E-state index >= 15 is 0 Å². The molecule has 2 unspecified atom stereocenters. The molecule has 0 saturated heterocycles. The summed E-state index contributed by atoms with van der Waals surface area (Å²) in [4.78, 5) is 12.5. The summed E-state index contributed by atoms with van der Waals surface area (Å²) in [6.45, 7) is 8.91. The Labute approximate surface area is 234 Å². The van der Waals surface area contributed by atoms with Gasteiger partial charge in [-0.1, -0.05) is 188 Å². The van der Waals surface area contributed by atoms with Crippen molar-refractivity contribution in [2.24, 2.45) is 11.3 Å². The van der Waals surface area contributed by atoms with Crippen molar-refractivity contribution in [2.75, 3.05) is 0 Å². The monoisotopic (exact) mass is 523 g/mol. The Hall–Kier alpha value is -0.530. The Morgan fingerprint density at radius 3 is 1.14 bits per heavy atom. The second-order valence-corrected chi connectivity index (χ2v) is 12.2. The second kappa shape index (κ2) is 27.1. The van der Waals surface area contributed by atoms with Crippen molar-refractivity contribution in [2.45, 2.75) is 207 Å². The minimum absolute atomic E-state index is 0.339. The van der Waals surface area contributed by atoms with Gasteiger partial charge < -0.3 is 5.11 Å². The minimum atomic E-state index is -0.524. The Morgan fingerprint density at radius 2 is 0.838 bits per heavy atom. The predicted octanol–water partition coefficient (Wildman–Crippen LogP) is 12.7. The molecule has 222 valence electrons. The topological polar surface area (TPSA) is 37.3 Å². The van der Waals surface area contributed by atoms with Crippen LogP contribution in [0.1, 0.15) is 207 Å². The van der Waals surface area contributed by atoms with Crippen molar-refractivity contribution in [1.82, 2.24) is 0 Å². The van der Waals surface area contributed by atoms with Gasteiger partial charge in [-0.25, -0.2) is 0 Å². The van der Waals surface area contributed by atoms with Crippen LogP contribution in [0.4, 0.5) is 0 Å². The van der Waals surface area contributed by atoms with Gasteiger partial charge in [-0.3, -0.25) is 4.79 Å².